The molecule has 0 aliphatic heterocycles. The summed E-state index contributed by atoms with van der Waals surface area (Å²) in [4.78, 5) is 4.47. The maximum absolute atomic E-state index is 5.55. The molecule has 0 saturated carbocycles. The minimum atomic E-state index is 0.211. The zero-order chi connectivity index (χ0) is 11.8. The summed E-state index contributed by atoms with van der Waals surface area (Å²) in [5, 5.41) is 0. The summed E-state index contributed by atoms with van der Waals surface area (Å²) in [7, 11) is 0. The number of ether oxygens (including phenoxy) is 1. The minimum absolute atomic E-state index is 0.211. The molecule has 1 rings (SSSR count). The summed E-state index contributed by atoms with van der Waals surface area (Å²) in [6.07, 6.45) is 5.10. The van der Waals surface area contributed by atoms with Crippen LogP contribution in [0, 0.1) is 0 Å². The van der Waals surface area contributed by atoms with Crippen LogP contribution in [0.2, 0.25) is 0 Å². The van der Waals surface area contributed by atoms with Gasteiger partial charge in [-0.15, -0.1) is 0 Å². The largest absolute Gasteiger partial charge is 0.491 e. The Hall–Kier alpha value is -1.32. The number of rotatable bonds is 6. The number of hydrogen-bond donors (Lipinski definition) is 1. The van der Waals surface area contributed by atoms with Gasteiger partial charge in [0.2, 0.25) is 0 Å². The molecule has 0 aliphatic rings. The first-order valence-corrected chi connectivity index (χ1v) is 5.47. The fourth-order valence-corrected chi connectivity index (χ4v) is 1.29. The summed E-state index contributed by atoms with van der Waals surface area (Å²) in [5.74, 6) is 5.82. The number of benzene rings is 1. The van der Waals surface area contributed by atoms with Crippen molar-refractivity contribution in [2.45, 2.75) is 26.4 Å². The molecular weight excluding hydrogens is 202 g/mol. The highest BCUT2D eigenvalue weighted by atomic mass is 16.6. The monoisotopic (exact) mass is 221 g/mol. The zero-order valence-corrected chi connectivity index (χ0v) is 9.85. The standard InChI is InChI=1S/C13H19NO2/c1-11(2)16-13-8-6-12(7-9-13)5-3-4-10-15-14/h3,5-9,11H,4,10,14H2,1-2H3/b5-3+. The molecule has 88 valence electrons. The van der Waals surface area contributed by atoms with Crippen LogP contribution >= 0.6 is 0 Å². The third-order valence-electron chi connectivity index (χ3n) is 1.96. The first-order chi connectivity index (χ1) is 7.72. The predicted octanol–water partition coefficient (Wildman–Crippen LogP) is 2.77. The van der Waals surface area contributed by atoms with Crippen LogP contribution in [0.25, 0.3) is 6.08 Å². The van der Waals surface area contributed by atoms with E-state index in [0.717, 1.165) is 17.7 Å². The molecule has 0 aliphatic carbocycles. The maximum Gasteiger partial charge on any atom is 0.119 e. The van der Waals surface area contributed by atoms with Gasteiger partial charge in [0.25, 0.3) is 0 Å². The van der Waals surface area contributed by atoms with E-state index in [9.17, 15) is 0 Å². The number of hydrogen-bond acceptors (Lipinski definition) is 3. The van der Waals surface area contributed by atoms with Gasteiger partial charge < -0.3 is 9.57 Å². The second-order valence-electron chi connectivity index (χ2n) is 3.80. The molecule has 0 radical (unpaired) electrons. The summed E-state index contributed by atoms with van der Waals surface area (Å²) in [5.41, 5.74) is 1.15. The second-order valence-corrected chi connectivity index (χ2v) is 3.80. The molecule has 1 aromatic rings. The van der Waals surface area contributed by atoms with Gasteiger partial charge in [-0.1, -0.05) is 24.3 Å². The van der Waals surface area contributed by atoms with E-state index in [1.54, 1.807) is 0 Å². The average molecular weight is 221 g/mol. The molecule has 1 aromatic carbocycles. The van der Waals surface area contributed by atoms with E-state index in [2.05, 4.69) is 4.84 Å². The topological polar surface area (TPSA) is 44.5 Å². The quantitative estimate of drug-likeness (QED) is 0.593. The molecule has 0 spiro atoms. The molecule has 3 heteroatoms. The van der Waals surface area contributed by atoms with Crippen LogP contribution in [0.15, 0.2) is 30.3 Å². The van der Waals surface area contributed by atoms with Crippen molar-refractivity contribution in [3.05, 3.63) is 35.9 Å². The molecule has 0 aromatic heterocycles. The van der Waals surface area contributed by atoms with Crippen molar-refractivity contribution < 1.29 is 9.57 Å². The van der Waals surface area contributed by atoms with Crippen molar-refractivity contribution in [3.63, 3.8) is 0 Å². The van der Waals surface area contributed by atoms with Gasteiger partial charge in [-0.05, 0) is 38.0 Å². The van der Waals surface area contributed by atoms with Crippen molar-refractivity contribution in [2.75, 3.05) is 6.61 Å². The first-order valence-electron chi connectivity index (χ1n) is 5.47. The smallest absolute Gasteiger partial charge is 0.119 e. The Morgan fingerprint density at radius 1 is 1.25 bits per heavy atom. The third kappa shape index (κ3) is 4.96. The molecule has 16 heavy (non-hydrogen) atoms. The highest BCUT2D eigenvalue weighted by Crippen LogP contribution is 2.14. The van der Waals surface area contributed by atoms with Crippen LogP contribution in [0.1, 0.15) is 25.8 Å². The third-order valence-corrected chi connectivity index (χ3v) is 1.96. The van der Waals surface area contributed by atoms with Gasteiger partial charge in [0, 0.05) is 0 Å². The molecule has 0 bridgehead atoms. The molecule has 0 amide bonds. The van der Waals surface area contributed by atoms with Crippen LogP contribution < -0.4 is 10.6 Å². The Labute approximate surface area is 96.8 Å². The Balaban J connectivity index is 2.47. The summed E-state index contributed by atoms with van der Waals surface area (Å²) < 4.78 is 5.55. The predicted molar refractivity (Wildman–Crippen MR) is 66.0 cm³/mol. The van der Waals surface area contributed by atoms with Gasteiger partial charge in [0.05, 0.1) is 12.7 Å². The average Bonchev–Trinajstić information content (AvgIpc) is 2.26. The normalized spacial score (nSPS) is 11.2. The molecule has 3 nitrogen and oxygen atoms in total. The molecule has 0 atom stereocenters. The van der Waals surface area contributed by atoms with E-state index in [4.69, 9.17) is 10.6 Å². The van der Waals surface area contributed by atoms with Gasteiger partial charge in [-0.25, -0.2) is 5.90 Å². The van der Waals surface area contributed by atoms with Crippen molar-refractivity contribution >= 4 is 6.08 Å². The lowest BCUT2D eigenvalue weighted by Crippen LogP contribution is -2.05. The minimum Gasteiger partial charge on any atom is -0.491 e. The summed E-state index contributed by atoms with van der Waals surface area (Å²) in [6, 6.07) is 7.99. The van der Waals surface area contributed by atoms with E-state index in [1.165, 1.54) is 0 Å². The molecule has 2 N–H and O–H groups in total. The van der Waals surface area contributed by atoms with Crippen molar-refractivity contribution in [2.24, 2.45) is 5.90 Å². The summed E-state index contributed by atoms with van der Waals surface area (Å²) >= 11 is 0. The molecule has 0 fully saturated rings. The maximum atomic E-state index is 5.55. The lowest BCUT2D eigenvalue weighted by Gasteiger charge is -2.09. The Kier molecular flexibility index (Phi) is 5.61. The van der Waals surface area contributed by atoms with E-state index in [1.807, 2.05) is 50.3 Å². The molecule has 0 saturated heterocycles. The summed E-state index contributed by atoms with van der Waals surface area (Å²) in [6.45, 7) is 4.58. The van der Waals surface area contributed by atoms with Gasteiger partial charge in [-0.3, -0.25) is 0 Å². The van der Waals surface area contributed by atoms with Crippen LogP contribution in [0.5, 0.6) is 5.75 Å². The van der Waals surface area contributed by atoms with Crippen molar-refractivity contribution in [1.82, 2.24) is 0 Å². The second kappa shape index (κ2) is 7.04. The van der Waals surface area contributed by atoms with Gasteiger partial charge in [0.15, 0.2) is 0 Å². The van der Waals surface area contributed by atoms with Crippen molar-refractivity contribution in [3.8, 4) is 5.75 Å². The van der Waals surface area contributed by atoms with Gasteiger partial charge >= 0.3 is 0 Å². The van der Waals surface area contributed by atoms with Crippen LogP contribution in [-0.2, 0) is 4.84 Å². The Morgan fingerprint density at radius 2 is 1.94 bits per heavy atom. The Morgan fingerprint density at radius 3 is 2.50 bits per heavy atom. The first kappa shape index (κ1) is 12.7. The lowest BCUT2D eigenvalue weighted by atomic mass is 10.2. The number of nitrogens with two attached hydrogens (primary N) is 1. The highest BCUT2D eigenvalue weighted by molar-refractivity contribution is 5.50. The fourth-order valence-electron chi connectivity index (χ4n) is 1.29. The van der Waals surface area contributed by atoms with Crippen LogP contribution in [-0.4, -0.2) is 12.7 Å². The zero-order valence-electron chi connectivity index (χ0n) is 9.85. The van der Waals surface area contributed by atoms with Crippen LogP contribution in [0.3, 0.4) is 0 Å². The van der Waals surface area contributed by atoms with Crippen molar-refractivity contribution in [1.29, 1.82) is 0 Å². The molecule has 0 unspecified atom stereocenters. The van der Waals surface area contributed by atoms with E-state index in [0.29, 0.717) is 6.61 Å². The molecular formula is C13H19NO2. The highest BCUT2D eigenvalue weighted by Gasteiger charge is 1.96. The van der Waals surface area contributed by atoms with Gasteiger partial charge in [0.1, 0.15) is 5.75 Å². The van der Waals surface area contributed by atoms with E-state index < -0.39 is 0 Å². The van der Waals surface area contributed by atoms with E-state index in [-0.39, 0.29) is 6.10 Å². The lowest BCUT2D eigenvalue weighted by molar-refractivity contribution is 0.143. The fraction of sp³-hybridized carbons (Fsp3) is 0.385. The Bertz CT molecular complexity index is 317. The van der Waals surface area contributed by atoms with Gasteiger partial charge in [-0.2, -0.15) is 0 Å². The molecule has 0 heterocycles. The SMILES string of the molecule is CC(C)Oc1ccc(/C=C/CCON)cc1. The van der Waals surface area contributed by atoms with Crippen LogP contribution in [0.4, 0.5) is 0 Å². The van der Waals surface area contributed by atoms with E-state index >= 15 is 0 Å².